The van der Waals surface area contributed by atoms with E-state index in [0.29, 0.717) is 10.6 Å². The van der Waals surface area contributed by atoms with Gasteiger partial charge in [-0.3, -0.25) is 4.79 Å². The molecule has 2 aromatic carbocycles. The lowest BCUT2D eigenvalue weighted by Gasteiger charge is -2.07. The molecule has 0 fully saturated rings. The predicted octanol–water partition coefficient (Wildman–Crippen LogP) is 3.80. The lowest BCUT2D eigenvalue weighted by atomic mass is 10.2. The largest absolute Gasteiger partial charge is 0.326 e. The molecule has 7 heteroatoms. The molecular formula is C18H18N2O3S2. The van der Waals surface area contributed by atoms with E-state index >= 15 is 0 Å². The fourth-order valence-electron chi connectivity index (χ4n) is 2.44. The van der Waals surface area contributed by atoms with Crippen LogP contribution in [0.4, 0.5) is 5.69 Å². The van der Waals surface area contributed by atoms with Gasteiger partial charge in [0.25, 0.3) is 0 Å². The zero-order valence-electron chi connectivity index (χ0n) is 13.7. The number of benzene rings is 2. The minimum atomic E-state index is -3.35. The summed E-state index contributed by atoms with van der Waals surface area (Å²) in [6, 6.07) is 12.3. The van der Waals surface area contributed by atoms with E-state index in [-0.39, 0.29) is 24.5 Å². The van der Waals surface area contributed by atoms with Gasteiger partial charge in [-0.1, -0.05) is 17.7 Å². The second-order valence-electron chi connectivity index (χ2n) is 5.82. The van der Waals surface area contributed by atoms with Crippen LogP contribution in [0.3, 0.4) is 0 Å². The highest BCUT2D eigenvalue weighted by Crippen LogP contribution is 2.22. The van der Waals surface area contributed by atoms with Gasteiger partial charge in [-0.15, -0.1) is 11.3 Å². The fraction of sp³-hybridized carbons (Fsp3) is 0.222. The van der Waals surface area contributed by atoms with Crippen molar-refractivity contribution in [1.29, 1.82) is 0 Å². The van der Waals surface area contributed by atoms with Crippen LogP contribution in [0.25, 0.3) is 10.2 Å². The number of thiazole rings is 1. The molecule has 0 unspecified atom stereocenters. The minimum Gasteiger partial charge on any atom is -0.326 e. The quantitative estimate of drug-likeness (QED) is 0.712. The number of hydrogen-bond acceptors (Lipinski definition) is 5. The number of hydrogen-bond donors (Lipinski definition) is 1. The zero-order chi connectivity index (χ0) is 17.9. The number of aryl methyl sites for hydroxylation is 1. The van der Waals surface area contributed by atoms with E-state index in [1.54, 1.807) is 35.8 Å². The van der Waals surface area contributed by atoms with Crippen molar-refractivity contribution < 1.29 is 13.2 Å². The third-order valence-electron chi connectivity index (χ3n) is 3.81. The van der Waals surface area contributed by atoms with Crippen molar-refractivity contribution >= 4 is 43.0 Å². The van der Waals surface area contributed by atoms with Crippen LogP contribution in [-0.4, -0.2) is 25.1 Å². The molecule has 0 radical (unpaired) electrons. The van der Waals surface area contributed by atoms with Gasteiger partial charge >= 0.3 is 0 Å². The molecule has 0 aliphatic rings. The van der Waals surface area contributed by atoms with Gasteiger partial charge in [-0.05, 0) is 43.7 Å². The standard InChI is InChI=1S/C18H18N2O3S2/c1-13-4-7-15(8-5-13)25(22,23)10-2-3-18(21)20-14-6-9-16-17(11-14)24-12-19-16/h4-9,11-12H,2-3,10H2,1H3,(H,20,21). The van der Waals surface area contributed by atoms with Gasteiger partial charge in [0, 0.05) is 12.1 Å². The molecule has 1 heterocycles. The Labute approximate surface area is 150 Å². The van der Waals surface area contributed by atoms with Crippen molar-refractivity contribution in [2.45, 2.75) is 24.7 Å². The molecule has 1 amide bonds. The number of fused-ring (bicyclic) bond motifs is 1. The van der Waals surface area contributed by atoms with E-state index in [0.717, 1.165) is 15.8 Å². The van der Waals surface area contributed by atoms with E-state index in [4.69, 9.17) is 0 Å². The number of anilines is 1. The maximum Gasteiger partial charge on any atom is 0.224 e. The van der Waals surface area contributed by atoms with Crippen LogP contribution in [0.1, 0.15) is 18.4 Å². The average molecular weight is 374 g/mol. The number of nitrogens with zero attached hydrogens (tertiary/aromatic N) is 1. The molecule has 5 nitrogen and oxygen atoms in total. The van der Waals surface area contributed by atoms with Crippen LogP contribution in [0, 0.1) is 6.92 Å². The summed E-state index contributed by atoms with van der Waals surface area (Å²) in [7, 11) is -3.35. The molecule has 0 aliphatic carbocycles. The molecule has 25 heavy (non-hydrogen) atoms. The number of aromatic nitrogens is 1. The van der Waals surface area contributed by atoms with Gasteiger partial charge in [0.15, 0.2) is 9.84 Å². The Balaban J connectivity index is 1.54. The highest BCUT2D eigenvalue weighted by atomic mass is 32.2. The van der Waals surface area contributed by atoms with Crippen molar-refractivity contribution in [3.63, 3.8) is 0 Å². The first-order valence-electron chi connectivity index (χ1n) is 7.86. The maximum absolute atomic E-state index is 12.3. The van der Waals surface area contributed by atoms with Crippen LogP contribution in [0.15, 0.2) is 52.9 Å². The lowest BCUT2D eigenvalue weighted by Crippen LogP contribution is -2.14. The first kappa shape index (κ1) is 17.6. The minimum absolute atomic E-state index is 0.0443. The molecule has 130 valence electrons. The highest BCUT2D eigenvalue weighted by molar-refractivity contribution is 7.91. The normalized spacial score (nSPS) is 11.6. The van der Waals surface area contributed by atoms with E-state index in [2.05, 4.69) is 10.3 Å². The van der Waals surface area contributed by atoms with Gasteiger partial charge in [0.1, 0.15) is 0 Å². The van der Waals surface area contributed by atoms with Gasteiger partial charge in [0.05, 0.1) is 26.4 Å². The Morgan fingerprint density at radius 3 is 2.68 bits per heavy atom. The van der Waals surface area contributed by atoms with Crippen LogP contribution >= 0.6 is 11.3 Å². The molecule has 1 aromatic heterocycles. The summed E-state index contributed by atoms with van der Waals surface area (Å²) in [6.45, 7) is 1.91. The zero-order valence-corrected chi connectivity index (χ0v) is 15.4. The molecule has 0 saturated heterocycles. The van der Waals surface area contributed by atoms with Gasteiger partial charge in [-0.2, -0.15) is 0 Å². The first-order valence-corrected chi connectivity index (χ1v) is 10.4. The molecule has 3 rings (SSSR count). The summed E-state index contributed by atoms with van der Waals surface area (Å²) >= 11 is 1.51. The summed E-state index contributed by atoms with van der Waals surface area (Å²) in [4.78, 5) is 16.5. The van der Waals surface area contributed by atoms with Crippen LogP contribution in [0.5, 0.6) is 0 Å². The SMILES string of the molecule is Cc1ccc(S(=O)(=O)CCCC(=O)Nc2ccc3ncsc3c2)cc1. The van der Waals surface area contributed by atoms with Gasteiger partial charge in [-0.25, -0.2) is 13.4 Å². The van der Waals surface area contributed by atoms with Crippen LogP contribution in [0.2, 0.25) is 0 Å². The Kier molecular flexibility index (Phi) is 5.15. The van der Waals surface area contributed by atoms with Crippen molar-refractivity contribution in [2.24, 2.45) is 0 Å². The van der Waals surface area contributed by atoms with Crippen molar-refractivity contribution in [3.8, 4) is 0 Å². The third kappa shape index (κ3) is 4.43. The summed E-state index contributed by atoms with van der Waals surface area (Å²) < 4.78 is 25.5. The number of nitrogens with one attached hydrogen (secondary N) is 1. The van der Waals surface area contributed by atoms with E-state index in [1.165, 1.54) is 11.3 Å². The summed E-state index contributed by atoms with van der Waals surface area (Å²) in [5.74, 6) is -0.236. The Morgan fingerprint density at radius 1 is 1.16 bits per heavy atom. The summed E-state index contributed by atoms with van der Waals surface area (Å²) in [5, 5.41) is 2.80. The first-order chi connectivity index (χ1) is 11.9. The molecular weight excluding hydrogens is 356 g/mol. The average Bonchev–Trinajstić information content (AvgIpc) is 3.02. The molecule has 3 aromatic rings. The molecule has 0 spiro atoms. The molecule has 0 aliphatic heterocycles. The van der Waals surface area contributed by atoms with E-state index in [9.17, 15) is 13.2 Å². The second kappa shape index (κ2) is 7.33. The van der Waals surface area contributed by atoms with E-state index < -0.39 is 9.84 Å². The molecule has 1 N–H and O–H groups in total. The van der Waals surface area contributed by atoms with E-state index in [1.807, 2.05) is 19.1 Å². The maximum atomic E-state index is 12.3. The molecule has 0 saturated carbocycles. The highest BCUT2D eigenvalue weighted by Gasteiger charge is 2.15. The Bertz CT molecular complexity index is 993. The summed E-state index contributed by atoms with van der Waals surface area (Å²) in [6.07, 6.45) is 0.441. The van der Waals surface area contributed by atoms with Crippen LogP contribution < -0.4 is 5.32 Å². The topological polar surface area (TPSA) is 76.1 Å². The summed E-state index contributed by atoms with van der Waals surface area (Å²) in [5.41, 5.74) is 4.36. The fourth-order valence-corrected chi connectivity index (χ4v) is 4.47. The smallest absolute Gasteiger partial charge is 0.224 e. The number of rotatable bonds is 6. The number of carbonyl (C=O) groups excluding carboxylic acids is 1. The Morgan fingerprint density at radius 2 is 1.92 bits per heavy atom. The van der Waals surface area contributed by atoms with Gasteiger partial charge < -0.3 is 5.32 Å². The number of carbonyl (C=O) groups is 1. The second-order valence-corrected chi connectivity index (χ2v) is 8.81. The molecule has 0 atom stereocenters. The van der Waals surface area contributed by atoms with Crippen molar-refractivity contribution in [2.75, 3.05) is 11.1 Å². The lowest BCUT2D eigenvalue weighted by molar-refractivity contribution is -0.116. The Hall–Kier alpha value is -2.25. The number of amides is 1. The molecule has 0 bridgehead atoms. The van der Waals surface area contributed by atoms with Gasteiger partial charge in [0.2, 0.25) is 5.91 Å². The third-order valence-corrected chi connectivity index (χ3v) is 6.42. The predicted molar refractivity (Wildman–Crippen MR) is 101 cm³/mol. The van der Waals surface area contributed by atoms with Crippen molar-refractivity contribution in [1.82, 2.24) is 4.98 Å². The monoisotopic (exact) mass is 374 g/mol. The number of sulfone groups is 1. The van der Waals surface area contributed by atoms with Crippen LogP contribution in [-0.2, 0) is 14.6 Å². The van der Waals surface area contributed by atoms with Crippen molar-refractivity contribution in [3.05, 3.63) is 53.5 Å².